The van der Waals surface area contributed by atoms with E-state index < -0.39 is 0 Å². The van der Waals surface area contributed by atoms with Gasteiger partial charge in [0.2, 0.25) is 9.76 Å². The van der Waals surface area contributed by atoms with Crippen molar-refractivity contribution in [1.29, 1.82) is 0 Å². The van der Waals surface area contributed by atoms with E-state index in [1.807, 2.05) is 42.5 Å². The molecule has 0 aliphatic heterocycles. The average molecular weight is 413 g/mol. The van der Waals surface area contributed by atoms with Gasteiger partial charge in [0, 0.05) is 29.2 Å². The molecule has 0 unspecified atom stereocenters. The second kappa shape index (κ2) is 7.37. The zero-order valence-electron chi connectivity index (χ0n) is 15.6. The lowest BCUT2D eigenvalue weighted by atomic mass is 10.2. The lowest BCUT2D eigenvalue weighted by Crippen LogP contribution is -2.28. The molecule has 0 spiro atoms. The van der Waals surface area contributed by atoms with Gasteiger partial charge in [-0.15, -0.1) is 10.2 Å². The Labute approximate surface area is 174 Å². The molecular weight excluding hydrogens is 398 g/mol. The Morgan fingerprint density at radius 1 is 0.933 bits per heavy atom. The zero-order valence-corrected chi connectivity index (χ0v) is 16.4. The fourth-order valence-electron chi connectivity index (χ4n) is 3.01. The minimum atomic E-state index is -0.255. The topological polar surface area (TPSA) is 103 Å². The van der Waals surface area contributed by atoms with E-state index in [0.29, 0.717) is 26.8 Å². The Balaban J connectivity index is 1.79. The molecule has 3 heterocycles. The highest BCUT2D eigenvalue weighted by molar-refractivity contribution is 7.14. The number of nitrogens with zero attached hydrogens (tertiary/aromatic N) is 6. The van der Waals surface area contributed by atoms with Crippen LogP contribution in [-0.2, 0) is 0 Å². The molecule has 0 bridgehead atoms. The van der Waals surface area contributed by atoms with E-state index in [4.69, 9.17) is 5.73 Å². The fraction of sp³-hybridized carbons (Fsp3) is 0. The molecule has 0 aliphatic carbocycles. The number of para-hydroxylation sites is 1. The molecule has 146 valence electrons. The number of nitrogens with two attached hydrogens (primary N) is 1. The first-order valence-corrected chi connectivity index (χ1v) is 9.90. The molecule has 0 atom stereocenters. The van der Waals surface area contributed by atoms with Crippen LogP contribution in [0.5, 0.6) is 0 Å². The molecule has 9 heteroatoms. The molecule has 2 aromatic carbocycles. The Kier molecular flexibility index (Phi) is 4.41. The number of aromatic nitrogens is 5. The largest absolute Gasteiger partial charge is 0.399 e. The molecule has 0 saturated heterocycles. The number of hydrogen-bond acceptors (Lipinski definition) is 7. The van der Waals surface area contributed by atoms with Crippen LogP contribution < -0.4 is 10.5 Å². The van der Waals surface area contributed by atoms with Crippen LogP contribution in [0, 0.1) is 0 Å². The SMILES string of the molecule is Nc1ccc(-c2nnc3sc(=Nc4ccccc4)n(C(=O)c4ccncc4)n23)cc1. The van der Waals surface area contributed by atoms with Crippen molar-refractivity contribution >= 4 is 33.6 Å². The van der Waals surface area contributed by atoms with Crippen molar-refractivity contribution in [2.45, 2.75) is 0 Å². The lowest BCUT2D eigenvalue weighted by Gasteiger charge is -2.06. The van der Waals surface area contributed by atoms with Crippen molar-refractivity contribution in [2.24, 2.45) is 4.99 Å². The maximum absolute atomic E-state index is 13.5. The summed E-state index contributed by atoms with van der Waals surface area (Å²) in [6.45, 7) is 0. The Morgan fingerprint density at radius 2 is 1.67 bits per heavy atom. The number of hydrogen-bond donors (Lipinski definition) is 1. The summed E-state index contributed by atoms with van der Waals surface area (Å²) in [4.78, 5) is 23.2. The fourth-order valence-corrected chi connectivity index (χ4v) is 3.91. The summed E-state index contributed by atoms with van der Waals surface area (Å²) in [6, 6.07) is 20.1. The molecule has 30 heavy (non-hydrogen) atoms. The van der Waals surface area contributed by atoms with E-state index in [-0.39, 0.29) is 5.91 Å². The summed E-state index contributed by atoms with van der Waals surface area (Å²) >= 11 is 1.28. The van der Waals surface area contributed by atoms with Crippen molar-refractivity contribution < 1.29 is 4.79 Å². The second-order valence-electron chi connectivity index (χ2n) is 6.42. The van der Waals surface area contributed by atoms with Gasteiger partial charge in [0.25, 0.3) is 5.91 Å². The molecule has 0 aliphatic rings. The van der Waals surface area contributed by atoms with Crippen LogP contribution in [0.1, 0.15) is 10.4 Å². The van der Waals surface area contributed by atoms with Crippen LogP contribution >= 0.6 is 11.3 Å². The molecule has 8 nitrogen and oxygen atoms in total. The van der Waals surface area contributed by atoms with Gasteiger partial charge in [-0.3, -0.25) is 9.78 Å². The first kappa shape index (κ1) is 18.0. The predicted molar refractivity (Wildman–Crippen MR) is 114 cm³/mol. The molecule has 0 radical (unpaired) electrons. The van der Waals surface area contributed by atoms with E-state index in [2.05, 4.69) is 20.2 Å². The first-order valence-electron chi connectivity index (χ1n) is 9.08. The lowest BCUT2D eigenvalue weighted by molar-refractivity contribution is 0.0936. The normalized spacial score (nSPS) is 11.8. The van der Waals surface area contributed by atoms with E-state index in [1.54, 1.807) is 41.2 Å². The van der Waals surface area contributed by atoms with Crippen molar-refractivity contribution in [2.75, 3.05) is 5.73 Å². The number of carbonyl (C=O) groups is 1. The van der Waals surface area contributed by atoms with Gasteiger partial charge < -0.3 is 5.73 Å². The maximum atomic E-state index is 13.5. The van der Waals surface area contributed by atoms with E-state index >= 15 is 0 Å². The summed E-state index contributed by atoms with van der Waals surface area (Å²) < 4.78 is 3.18. The third-order valence-corrected chi connectivity index (χ3v) is 5.33. The zero-order chi connectivity index (χ0) is 20.5. The first-order chi connectivity index (χ1) is 14.7. The van der Waals surface area contributed by atoms with Crippen molar-refractivity contribution in [3.05, 3.63) is 89.5 Å². The Morgan fingerprint density at radius 3 is 2.40 bits per heavy atom. The number of nitrogen functional groups attached to an aromatic ring is 1. The number of anilines is 1. The quantitative estimate of drug-likeness (QED) is 0.458. The highest BCUT2D eigenvalue weighted by Gasteiger charge is 2.21. The molecule has 0 amide bonds. The average Bonchev–Trinajstić information content (AvgIpc) is 3.34. The Hall–Kier alpha value is -4.11. The third-order valence-electron chi connectivity index (χ3n) is 4.45. The van der Waals surface area contributed by atoms with Gasteiger partial charge in [-0.25, -0.2) is 4.99 Å². The monoisotopic (exact) mass is 413 g/mol. The van der Waals surface area contributed by atoms with Crippen molar-refractivity contribution in [1.82, 2.24) is 24.4 Å². The van der Waals surface area contributed by atoms with Gasteiger partial charge >= 0.3 is 0 Å². The smallest absolute Gasteiger partial charge is 0.279 e. The molecular formula is C21H15N7OS. The summed E-state index contributed by atoms with van der Waals surface area (Å²) in [7, 11) is 0. The number of rotatable bonds is 3. The van der Waals surface area contributed by atoms with Crippen LogP contribution in [0.15, 0.2) is 84.1 Å². The number of fused-ring (bicyclic) bond motifs is 1. The molecule has 2 N–H and O–H groups in total. The second-order valence-corrected chi connectivity index (χ2v) is 7.36. The van der Waals surface area contributed by atoms with Crippen molar-refractivity contribution in [3.63, 3.8) is 0 Å². The van der Waals surface area contributed by atoms with E-state index in [9.17, 15) is 4.79 Å². The minimum Gasteiger partial charge on any atom is -0.399 e. The summed E-state index contributed by atoms with van der Waals surface area (Å²) in [5.41, 5.74) is 8.47. The molecule has 5 aromatic rings. The van der Waals surface area contributed by atoms with Crippen LogP contribution in [-0.4, -0.2) is 30.3 Å². The van der Waals surface area contributed by atoms with Crippen LogP contribution in [0.25, 0.3) is 16.3 Å². The molecule has 0 fully saturated rings. The third kappa shape index (κ3) is 3.16. The standard InChI is InChI=1S/C21H15N7OS/c22-16-8-6-14(7-9-16)18-25-26-21-27(18)28(19(29)15-10-12-23-13-11-15)20(30-21)24-17-4-2-1-3-5-17/h1-13H,22H2. The number of benzene rings is 2. The van der Waals surface area contributed by atoms with Crippen LogP contribution in [0.2, 0.25) is 0 Å². The highest BCUT2D eigenvalue weighted by Crippen LogP contribution is 2.21. The summed E-state index contributed by atoms with van der Waals surface area (Å²) in [5, 5.41) is 8.57. The summed E-state index contributed by atoms with van der Waals surface area (Å²) in [5.74, 6) is 0.271. The summed E-state index contributed by atoms with van der Waals surface area (Å²) in [6.07, 6.45) is 3.16. The molecule has 0 saturated carbocycles. The molecule has 5 rings (SSSR count). The van der Waals surface area contributed by atoms with Gasteiger partial charge in [-0.05, 0) is 48.5 Å². The minimum absolute atomic E-state index is 0.255. The van der Waals surface area contributed by atoms with Crippen molar-refractivity contribution in [3.8, 4) is 11.4 Å². The van der Waals surface area contributed by atoms with Crippen LogP contribution in [0.3, 0.4) is 0 Å². The maximum Gasteiger partial charge on any atom is 0.279 e. The van der Waals surface area contributed by atoms with Crippen LogP contribution in [0.4, 0.5) is 11.4 Å². The molecule has 3 aromatic heterocycles. The van der Waals surface area contributed by atoms with Gasteiger partial charge in [-0.2, -0.15) is 9.20 Å². The number of pyridine rings is 1. The Bertz CT molecular complexity index is 1400. The number of carbonyl (C=O) groups excluding carboxylic acids is 1. The predicted octanol–water partition coefficient (Wildman–Crippen LogP) is 3.16. The van der Waals surface area contributed by atoms with E-state index in [0.717, 1.165) is 11.3 Å². The van der Waals surface area contributed by atoms with Gasteiger partial charge in [0.05, 0.1) is 5.69 Å². The van der Waals surface area contributed by atoms with Gasteiger partial charge in [-0.1, -0.05) is 29.5 Å². The van der Waals surface area contributed by atoms with Gasteiger partial charge in [0.1, 0.15) is 0 Å². The van der Waals surface area contributed by atoms with E-state index in [1.165, 1.54) is 16.0 Å². The highest BCUT2D eigenvalue weighted by atomic mass is 32.1. The van der Waals surface area contributed by atoms with Gasteiger partial charge in [0.15, 0.2) is 5.82 Å².